The first-order valence-electron chi connectivity index (χ1n) is 46.2. The summed E-state index contributed by atoms with van der Waals surface area (Å²) in [5.74, 6) is -4.84. The highest BCUT2D eigenvalue weighted by Gasteiger charge is 2.45. The number of carboxylic acid groups (broad SMARTS) is 1. The summed E-state index contributed by atoms with van der Waals surface area (Å²) in [5.41, 5.74) is 3.86. The summed E-state index contributed by atoms with van der Waals surface area (Å²) in [4.78, 5) is 119. The van der Waals surface area contributed by atoms with E-state index in [2.05, 4.69) is 73.1 Å². The Morgan fingerprint density at radius 2 is 0.718 bits per heavy atom. The Kier molecular flexibility index (Phi) is 59.7. The van der Waals surface area contributed by atoms with Crippen LogP contribution >= 0.6 is 7.60 Å². The Bertz CT molecular complexity index is 3070. The predicted octanol–water partition coefficient (Wildman–Crippen LogP) is 20.6. The van der Waals surface area contributed by atoms with Crippen LogP contribution in [0.15, 0.2) is 91.0 Å². The second-order valence-corrected chi connectivity index (χ2v) is 34.7. The lowest BCUT2D eigenvalue weighted by molar-refractivity contribution is -0.209. The van der Waals surface area contributed by atoms with Crippen LogP contribution in [0.4, 0.5) is 0 Å². The molecule has 1 heterocycles. The number of nitrogens with one attached hydrogen (secondary N) is 3. The van der Waals surface area contributed by atoms with Gasteiger partial charge in [0.2, 0.25) is 17.7 Å². The molecule has 4 rings (SSSR count). The highest BCUT2D eigenvalue weighted by molar-refractivity contribution is 7.51. The van der Waals surface area contributed by atoms with Crippen LogP contribution in [0.2, 0.25) is 0 Å². The average molecular weight is 1660 g/mol. The molecule has 1 aliphatic heterocycles. The molecule has 664 valence electrons. The lowest BCUT2D eigenvalue weighted by atomic mass is 9.98. The zero-order valence-corrected chi connectivity index (χ0v) is 73.2. The average Bonchev–Trinajstić information content (AvgIpc) is 1.69. The number of rotatable bonds is 74. The fraction of sp³-hybridized carbons (Fsp3) is 0.737. The van der Waals surface area contributed by atoms with Crippen molar-refractivity contribution in [3.05, 3.63) is 108 Å². The smallest absolute Gasteiger partial charge is 0.350 e. The maximum absolute atomic E-state index is 15.0. The highest BCUT2D eigenvalue weighted by Crippen LogP contribution is 2.37. The topological polar surface area (TPSA) is 309 Å². The number of carboxylic acids is 1. The van der Waals surface area contributed by atoms with Crippen molar-refractivity contribution in [2.24, 2.45) is 0 Å². The van der Waals surface area contributed by atoms with Gasteiger partial charge in [-0.1, -0.05) is 324 Å². The second kappa shape index (κ2) is 67.6. The van der Waals surface area contributed by atoms with E-state index in [-0.39, 0.29) is 44.9 Å². The van der Waals surface area contributed by atoms with E-state index in [4.69, 9.17) is 28.4 Å². The van der Waals surface area contributed by atoms with Crippen molar-refractivity contribution >= 4 is 49.2 Å². The van der Waals surface area contributed by atoms with Crippen LogP contribution in [0.5, 0.6) is 0 Å². The lowest BCUT2D eigenvalue weighted by Crippen LogP contribution is -2.53. The third kappa shape index (κ3) is 54.1. The minimum atomic E-state index is -4.98. The van der Waals surface area contributed by atoms with Crippen LogP contribution in [0.3, 0.4) is 0 Å². The molecule has 0 spiro atoms. The first kappa shape index (κ1) is 103. The number of benzene rings is 3. The standard InChI is InChI=1S/C95H156N3O18P/c1-4-7-10-13-16-19-22-31-49-64-80(113-90(103)67-52-34-25-28-40-55-77-58-43-37-44-59-77)70-87(100)96-83-73-84(97-88(101)71-81(65-50-32-23-20-17-14-11-8-5-2)114-91(104)68-53-35-26-29-41-56-78-60-45-38-46-61-78)95(116-86(74-99)93(83)112-76-117(108,109)110)111-75-85(94(106)107)98-89(102)72-82(66-51-33-24-21-18-15-12-9-6-3)115-92(105)69-54-36-27-30-42-57-79-62-47-39-48-63-79/h37-39,43-48,58-63,80-86,93,95,99H,4-36,40-42,49-57,64-76H2,1-3H3,(H,96,100)(H,97,101)(H,98,102)(H,106,107)(H2,108,109,110)/t80-,81-,82-,83?,84?,85+,86?,93+,95-/m1/s1. The minimum absolute atomic E-state index is 0.152. The van der Waals surface area contributed by atoms with E-state index in [1.165, 1.54) is 61.6 Å². The number of amides is 3. The number of carbonyl (C=O) groups excluding carboxylic acids is 6. The summed E-state index contributed by atoms with van der Waals surface area (Å²) < 4.78 is 49.9. The molecule has 9 atom stereocenters. The number of aryl methyl sites for hydroxylation is 3. The number of aliphatic hydroxyl groups excluding tert-OH is 1. The Balaban J connectivity index is 1.63. The zero-order valence-electron chi connectivity index (χ0n) is 72.3. The molecule has 3 aromatic rings. The van der Waals surface area contributed by atoms with Crippen LogP contribution < -0.4 is 16.0 Å². The van der Waals surface area contributed by atoms with Crippen LogP contribution in [-0.2, 0) is 85.8 Å². The number of aliphatic carboxylic acids is 1. The minimum Gasteiger partial charge on any atom is -0.480 e. The highest BCUT2D eigenvalue weighted by atomic mass is 31.2. The van der Waals surface area contributed by atoms with Crippen LogP contribution in [0.25, 0.3) is 0 Å². The summed E-state index contributed by atoms with van der Waals surface area (Å²) in [5, 5.41) is 30.7. The Morgan fingerprint density at radius 3 is 1.04 bits per heavy atom. The van der Waals surface area contributed by atoms with Crippen molar-refractivity contribution in [3.63, 3.8) is 0 Å². The summed E-state index contributed by atoms with van der Waals surface area (Å²) in [6.07, 6.45) is 36.0. The van der Waals surface area contributed by atoms with Crippen molar-refractivity contribution < 1.29 is 86.5 Å². The molecule has 1 saturated heterocycles. The van der Waals surface area contributed by atoms with Crippen LogP contribution in [-0.4, -0.2) is 136 Å². The van der Waals surface area contributed by atoms with Crippen molar-refractivity contribution in [3.8, 4) is 0 Å². The van der Waals surface area contributed by atoms with Gasteiger partial charge < -0.3 is 64.4 Å². The molecular formula is C95H156N3O18P. The van der Waals surface area contributed by atoms with Gasteiger partial charge in [0, 0.05) is 19.3 Å². The molecule has 1 aliphatic rings. The van der Waals surface area contributed by atoms with Crippen LogP contribution in [0, 0.1) is 0 Å². The molecule has 0 aromatic heterocycles. The molecule has 3 unspecified atom stereocenters. The molecule has 0 radical (unpaired) electrons. The quantitative estimate of drug-likeness (QED) is 0.0120. The molecule has 3 aromatic carbocycles. The van der Waals surface area contributed by atoms with Crippen molar-refractivity contribution in [1.82, 2.24) is 16.0 Å². The molecular weight excluding hydrogens is 1500 g/mol. The van der Waals surface area contributed by atoms with Gasteiger partial charge in [-0.3, -0.25) is 33.3 Å². The first-order chi connectivity index (χ1) is 56.9. The zero-order chi connectivity index (χ0) is 84.5. The Hall–Kier alpha value is -6.06. The van der Waals surface area contributed by atoms with E-state index >= 15 is 0 Å². The largest absolute Gasteiger partial charge is 0.480 e. The van der Waals surface area contributed by atoms with E-state index < -0.39 is 124 Å². The molecule has 117 heavy (non-hydrogen) atoms. The number of hydrogen-bond acceptors (Lipinski definition) is 15. The fourth-order valence-electron chi connectivity index (χ4n) is 15.6. The van der Waals surface area contributed by atoms with Gasteiger partial charge in [-0.15, -0.1) is 0 Å². The van der Waals surface area contributed by atoms with Gasteiger partial charge in [-0.2, -0.15) is 0 Å². The molecule has 1 fully saturated rings. The monoisotopic (exact) mass is 1660 g/mol. The number of unbranched alkanes of at least 4 members (excludes halogenated alkanes) is 36. The second-order valence-electron chi connectivity index (χ2n) is 33.1. The number of ether oxygens (including phenoxy) is 6. The molecule has 0 aliphatic carbocycles. The van der Waals surface area contributed by atoms with E-state index in [1.807, 2.05) is 54.6 Å². The van der Waals surface area contributed by atoms with E-state index in [1.54, 1.807) is 0 Å². The van der Waals surface area contributed by atoms with Gasteiger partial charge in [-0.05, 0) is 119 Å². The molecule has 0 bridgehead atoms. The molecule has 3 amide bonds. The van der Waals surface area contributed by atoms with Crippen molar-refractivity contribution in [2.45, 2.75) is 429 Å². The van der Waals surface area contributed by atoms with Gasteiger partial charge in [0.25, 0.3) is 0 Å². The number of esters is 3. The Morgan fingerprint density at radius 1 is 0.410 bits per heavy atom. The van der Waals surface area contributed by atoms with Crippen molar-refractivity contribution in [1.29, 1.82) is 0 Å². The molecule has 0 saturated carbocycles. The van der Waals surface area contributed by atoms with E-state index in [0.29, 0.717) is 57.8 Å². The normalized spacial score (nSPS) is 16.6. The molecule has 21 nitrogen and oxygen atoms in total. The van der Waals surface area contributed by atoms with Crippen LogP contribution in [0.1, 0.15) is 371 Å². The van der Waals surface area contributed by atoms with Gasteiger partial charge in [0.05, 0.1) is 44.6 Å². The fourth-order valence-corrected chi connectivity index (χ4v) is 15.9. The maximum atomic E-state index is 15.0. The van der Waals surface area contributed by atoms with E-state index in [9.17, 15) is 58.1 Å². The van der Waals surface area contributed by atoms with Gasteiger partial charge in [0.15, 0.2) is 12.3 Å². The van der Waals surface area contributed by atoms with Gasteiger partial charge >= 0.3 is 31.5 Å². The van der Waals surface area contributed by atoms with Gasteiger partial charge in [-0.25, -0.2) is 4.79 Å². The molecule has 22 heteroatoms. The summed E-state index contributed by atoms with van der Waals surface area (Å²) in [7, 11) is -4.98. The Labute approximate surface area is 704 Å². The third-order valence-corrected chi connectivity index (χ3v) is 22.9. The van der Waals surface area contributed by atoms with E-state index in [0.717, 1.165) is 205 Å². The number of hydrogen-bond donors (Lipinski definition) is 7. The first-order valence-corrected chi connectivity index (χ1v) is 48.0. The summed E-state index contributed by atoms with van der Waals surface area (Å²) in [6.45, 7) is 4.87. The predicted molar refractivity (Wildman–Crippen MR) is 464 cm³/mol. The van der Waals surface area contributed by atoms with Gasteiger partial charge in [0.1, 0.15) is 36.9 Å². The number of carbonyl (C=O) groups is 7. The molecule has 7 N–H and O–H groups in total. The third-order valence-electron chi connectivity index (χ3n) is 22.4. The lowest BCUT2D eigenvalue weighted by Gasteiger charge is -2.31. The SMILES string of the molecule is CCCCCCCCCCC[C@H](CC(=O)NC1CC(NC(=O)C[C@@H](CCCCCCCCCCC)OC(=O)CCCCCCCc2ccccc2)[C@H](OCP(=O)(O)O)C(CO)O[C@H]1OC[C@H](NC(=O)C[C@@H](CCCCCCCCCCC)OC(=O)CCCCCCCc1ccccc1)C(=O)O)OC(=O)CCCCCCCc1ccccc1. The number of aliphatic hydroxyl groups is 1. The van der Waals surface area contributed by atoms with Crippen molar-refractivity contribution in [2.75, 3.05) is 19.6 Å². The summed E-state index contributed by atoms with van der Waals surface area (Å²) in [6, 6.07) is 26.5. The maximum Gasteiger partial charge on any atom is 0.350 e. The summed E-state index contributed by atoms with van der Waals surface area (Å²) >= 11 is 0.